The van der Waals surface area contributed by atoms with Crippen molar-refractivity contribution in [3.63, 3.8) is 0 Å². The van der Waals surface area contributed by atoms with E-state index in [2.05, 4.69) is 330 Å². The van der Waals surface area contributed by atoms with Gasteiger partial charge in [0.2, 0.25) is 0 Å². The van der Waals surface area contributed by atoms with E-state index in [0.717, 1.165) is 34.1 Å². The predicted molar refractivity (Wildman–Crippen MR) is 365 cm³/mol. The Labute approximate surface area is 497 Å². The molecule has 0 saturated heterocycles. The first kappa shape index (κ1) is 50.4. The zero-order chi connectivity index (χ0) is 57.1. The molecule has 0 saturated carbocycles. The summed E-state index contributed by atoms with van der Waals surface area (Å²) in [6.07, 6.45) is 0. The molecule has 0 atom stereocenters. The van der Waals surface area contributed by atoms with Crippen LogP contribution in [-0.4, -0.2) is 0 Å². The molecule has 15 aromatic rings. The van der Waals surface area contributed by atoms with Crippen LogP contribution in [0.2, 0.25) is 0 Å². The molecule has 85 heavy (non-hydrogen) atoms. The van der Waals surface area contributed by atoms with Gasteiger partial charge in [0.15, 0.2) is 0 Å². The molecule has 0 unspecified atom stereocenters. The first-order valence-electron chi connectivity index (χ1n) is 29.9. The zero-order valence-corrected chi connectivity index (χ0v) is 48.5. The van der Waals surface area contributed by atoms with Crippen molar-refractivity contribution in [3.8, 4) is 33.4 Å². The van der Waals surface area contributed by atoms with Gasteiger partial charge in [0, 0.05) is 39.5 Å². The Hall–Kier alpha value is -10.3. The topological polar surface area (TPSA) is 6.48 Å². The normalized spacial score (nSPS) is 12.9. The van der Waals surface area contributed by atoms with E-state index >= 15 is 0 Å². The van der Waals surface area contributed by atoms with E-state index < -0.39 is 0 Å². The Balaban J connectivity index is 1.04. The maximum absolute atomic E-state index is 2.51. The molecule has 15 aromatic carbocycles. The zero-order valence-electron chi connectivity index (χ0n) is 48.5. The van der Waals surface area contributed by atoms with Crippen molar-refractivity contribution < 1.29 is 0 Å². The Bertz CT molecular complexity index is 5180. The number of hydrogen-bond acceptors (Lipinski definition) is 2. The molecule has 0 aromatic heterocycles. The van der Waals surface area contributed by atoms with Gasteiger partial charge in [0.25, 0.3) is 0 Å². The maximum Gasteiger partial charge on any atom is 0.0468 e. The van der Waals surface area contributed by atoms with E-state index in [1.165, 1.54) is 125 Å². The summed E-state index contributed by atoms with van der Waals surface area (Å²) in [7, 11) is 0. The summed E-state index contributed by atoms with van der Waals surface area (Å²) in [5, 5.41) is 17.2. The van der Waals surface area contributed by atoms with Crippen LogP contribution in [-0.2, 0) is 10.8 Å². The van der Waals surface area contributed by atoms with Gasteiger partial charge in [-0.2, -0.15) is 0 Å². The smallest absolute Gasteiger partial charge is 0.0468 e. The third-order valence-electron chi connectivity index (χ3n) is 18.5. The summed E-state index contributed by atoms with van der Waals surface area (Å²) in [5.74, 6) is 0. The minimum atomic E-state index is -0.253. The van der Waals surface area contributed by atoms with E-state index in [1.54, 1.807) is 0 Å². The second kappa shape index (κ2) is 19.4. The number of anilines is 6. The van der Waals surface area contributed by atoms with Crippen LogP contribution in [0.25, 0.3) is 109 Å². The minimum absolute atomic E-state index is 0.0128. The number of rotatable bonds is 8. The molecule has 2 heteroatoms. The predicted octanol–water partition coefficient (Wildman–Crippen LogP) is 23.6. The van der Waals surface area contributed by atoms with E-state index in [9.17, 15) is 0 Å². The first-order valence-corrected chi connectivity index (χ1v) is 29.9. The first-order chi connectivity index (χ1) is 41.6. The van der Waals surface area contributed by atoms with Crippen molar-refractivity contribution in [2.75, 3.05) is 9.80 Å². The third-order valence-corrected chi connectivity index (χ3v) is 18.5. The molecule has 404 valence electrons. The third kappa shape index (κ3) is 8.07. The summed E-state index contributed by atoms with van der Waals surface area (Å²) < 4.78 is 0. The summed E-state index contributed by atoms with van der Waals surface area (Å²) in [4.78, 5) is 4.92. The molecule has 0 amide bonds. The largest absolute Gasteiger partial charge is 0.310 e. The van der Waals surface area contributed by atoms with Crippen LogP contribution in [0.15, 0.2) is 285 Å². The van der Waals surface area contributed by atoms with Gasteiger partial charge in [-0.25, -0.2) is 0 Å². The highest BCUT2D eigenvalue weighted by Crippen LogP contribution is 2.54. The van der Waals surface area contributed by atoms with Crippen LogP contribution < -0.4 is 9.80 Å². The van der Waals surface area contributed by atoms with Gasteiger partial charge in [0.1, 0.15) is 0 Å². The molecule has 0 fully saturated rings. The van der Waals surface area contributed by atoms with Crippen LogP contribution in [0.1, 0.15) is 51.3 Å². The molecule has 0 spiro atoms. The fourth-order valence-electron chi connectivity index (χ4n) is 14.4. The van der Waals surface area contributed by atoms with Gasteiger partial charge in [-0.15, -0.1) is 0 Å². The Morgan fingerprint density at radius 1 is 0.259 bits per heavy atom. The van der Waals surface area contributed by atoms with Crippen molar-refractivity contribution in [3.05, 3.63) is 302 Å². The lowest BCUT2D eigenvalue weighted by Crippen LogP contribution is -2.24. The van der Waals surface area contributed by atoms with Gasteiger partial charge in [-0.05, 0) is 216 Å². The monoisotopic (exact) mass is 1090 g/mol. The van der Waals surface area contributed by atoms with Gasteiger partial charge >= 0.3 is 0 Å². The fraction of sp³-hybridized carbons (Fsp3) is 0.0843. The van der Waals surface area contributed by atoms with Crippen LogP contribution in [0.5, 0.6) is 0 Å². The molecular weight excluding hydrogens is 1020 g/mol. The SMILES string of the molecule is CC(C)(C)c1ccc(N(c2ccccc2)c2ccc3c(-c4cc5ccccc5c5ccccc45)c4cc(N(c5ccccc5)c5ccc6c(c5)C(C)(C)c5cccc7cccc-6c57)ccc4c(-c4cc5ccccc5c5ccccc45)c3c2)cc1. The summed E-state index contributed by atoms with van der Waals surface area (Å²) in [6.45, 7) is 11.7. The summed E-state index contributed by atoms with van der Waals surface area (Å²) in [5.41, 5.74) is 17.8. The maximum atomic E-state index is 2.51. The second-order valence-electron chi connectivity index (χ2n) is 24.8. The van der Waals surface area contributed by atoms with E-state index in [-0.39, 0.29) is 10.8 Å². The van der Waals surface area contributed by atoms with Crippen LogP contribution in [0.3, 0.4) is 0 Å². The number of fused-ring (bicyclic) bond motifs is 10. The van der Waals surface area contributed by atoms with Crippen molar-refractivity contribution in [1.29, 1.82) is 0 Å². The van der Waals surface area contributed by atoms with Crippen LogP contribution >= 0.6 is 0 Å². The summed E-state index contributed by atoms with van der Waals surface area (Å²) >= 11 is 0. The van der Waals surface area contributed by atoms with E-state index in [1.807, 2.05) is 0 Å². The highest BCUT2D eigenvalue weighted by atomic mass is 15.1. The van der Waals surface area contributed by atoms with Gasteiger partial charge in [0.05, 0.1) is 0 Å². The molecular formula is C83H62N2. The molecule has 0 radical (unpaired) electrons. The second-order valence-corrected chi connectivity index (χ2v) is 24.8. The molecule has 0 N–H and O–H groups in total. The lowest BCUT2D eigenvalue weighted by Gasteiger charge is -2.36. The quantitative estimate of drug-likeness (QED) is 0.111. The summed E-state index contributed by atoms with van der Waals surface area (Å²) in [6, 6.07) is 107. The van der Waals surface area contributed by atoms with Crippen LogP contribution in [0.4, 0.5) is 34.1 Å². The van der Waals surface area contributed by atoms with Gasteiger partial charge in [-0.3, -0.25) is 0 Å². The molecule has 0 bridgehead atoms. The molecule has 1 aliphatic rings. The Morgan fingerprint density at radius 2 is 0.671 bits per heavy atom. The number of hydrogen-bond donors (Lipinski definition) is 0. The fourth-order valence-corrected chi connectivity index (χ4v) is 14.4. The minimum Gasteiger partial charge on any atom is -0.310 e. The van der Waals surface area contributed by atoms with Gasteiger partial charge < -0.3 is 9.80 Å². The Kier molecular flexibility index (Phi) is 11.5. The number of nitrogens with zero attached hydrogens (tertiary/aromatic N) is 2. The van der Waals surface area contributed by atoms with Crippen molar-refractivity contribution in [2.45, 2.75) is 45.4 Å². The van der Waals surface area contributed by atoms with Gasteiger partial charge in [-0.1, -0.05) is 235 Å². The lowest BCUT2D eigenvalue weighted by molar-refractivity contribution is 0.590. The lowest BCUT2D eigenvalue weighted by atomic mass is 9.68. The van der Waals surface area contributed by atoms with Crippen LogP contribution in [0, 0.1) is 0 Å². The van der Waals surface area contributed by atoms with E-state index in [0.29, 0.717) is 0 Å². The molecule has 2 nitrogen and oxygen atoms in total. The molecule has 16 rings (SSSR count). The van der Waals surface area contributed by atoms with Crippen molar-refractivity contribution in [2.24, 2.45) is 0 Å². The molecule has 1 aliphatic carbocycles. The highest BCUT2D eigenvalue weighted by Gasteiger charge is 2.34. The van der Waals surface area contributed by atoms with Crippen molar-refractivity contribution >= 4 is 110 Å². The van der Waals surface area contributed by atoms with E-state index in [4.69, 9.17) is 0 Å². The molecule has 0 aliphatic heterocycles. The highest BCUT2D eigenvalue weighted by molar-refractivity contribution is 6.29. The average Bonchev–Trinajstić information content (AvgIpc) is 3.72. The number of benzene rings is 15. The Morgan fingerprint density at radius 3 is 1.20 bits per heavy atom. The molecule has 0 heterocycles. The number of para-hydroxylation sites is 2. The average molecular weight is 1090 g/mol. The van der Waals surface area contributed by atoms with Crippen molar-refractivity contribution in [1.82, 2.24) is 0 Å². The standard InChI is InChI=1S/C83H62N2/c1-82(2,3)56-38-40-59(41-39-56)84(57-26-8-6-9-27-57)60-43-46-71-75(50-60)80(73-48-54-22-12-14-30-63(54)65-32-16-18-34-67(65)73)72-47-44-61(51-76(72)81(71)74-49-55-23-13-15-31-64(55)66-33-17-19-35-68(66)74)85(58-28-10-7-11-29-58)62-42-45-69-70-36-20-24-53-25-21-37-77(79(53)70)83(4,5)78(69)52-62/h6-52H,1-5H3.